The molecule has 0 N–H and O–H groups in total. The van der Waals surface area contributed by atoms with Gasteiger partial charge in [-0.15, -0.1) is 0 Å². The maximum atomic E-state index is 12.1. The van der Waals surface area contributed by atoms with Crippen molar-refractivity contribution in [1.29, 1.82) is 0 Å². The molecule has 0 radical (unpaired) electrons. The van der Waals surface area contributed by atoms with Crippen LogP contribution in [0.5, 0.6) is 5.75 Å². The molecule has 1 atom stereocenters. The van der Waals surface area contributed by atoms with Gasteiger partial charge in [0, 0.05) is 17.6 Å². The van der Waals surface area contributed by atoms with Crippen LogP contribution in [0.2, 0.25) is 0 Å². The van der Waals surface area contributed by atoms with E-state index < -0.39 is 9.84 Å². The van der Waals surface area contributed by atoms with Crippen molar-refractivity contribution in [1.82, 2.24) is 4.90 Å². The molecule has 1 heterocycles. The van der Waals surface area contributed by atoms with E-state index in [1.807, 2.05) is 12.1 Å². The number of ether oxygens (including phenoxy) is 1. The second kappa shape index (κ2) is 6.66. The second-order valence-electron chi connectivity index (χ2n) is 4.92. The Labute approximate surface area is 140 Å². The number of amides is 1. The van der Waals surface area contributed by atoms with Gasteiger partial charge in [0.15, 0.2) is 16.4 Å². The number of likely N-dealkylation sites (N-methyl/N-ethyl adjacent to an activating group) is 1. The molecule has 21 heavy (non-hydrogen) atoms. The smallest absolute Gasteiger partial charge is 0.260 e. The summed E-state index contributed by atoms with van der Waals surface area (Å²) in [5.41, 5.74) is 0. The first-order valence-corrected chi connectivity index (χ1v) is 9.73. The first-order valence-electron chi connectivity index (χ1n) is 6.32. The molecular formula is C13H15Br2NO4S. The Morgan fingerprint density at radius 3 is 2.71 bits per heavy atom. The Balaban J connectivity index is 1.92. The summed E-state index contributed by atoms with van der Waals surface area (Å²) in [4.78, 5) is 13.5. The molecule has 0 saturated carbocycles. The summed E-state index contributed by atoms with van der Waals surface area (Å²) < 4.78 is 30.0. The molecule has 1 aliphatic rings. The van der Waals surface area contributed by atoms with Gasteiger partial charge >= 0.3 is 0 Å². The van der Waals surface area contributed by atoms with Crippen LogP contribution in [-0.4, -0.2) is 50.4 Å². The molecule has 0 spiro atoms. The Kier molecular flexibility index (Phi) is 5.32. The van der Waals surface area contributed by atoms with Gasteiger partial charge in [0.1, 0.15) is 5.75 Å². The third kappa shape index (κ3) is 4.43. The number of rotatable bonds is 4. The first kappa shape index (κ1) is 16.8. The van der Waals surface area contributed by atoms with Gasteiger partial charge in [-0.3, -0.25) is 4.79 Å². The van der Waals surface area contributed by atoms with Crippen LogP contribution in [0.25, 0.3) is 0 Å². The van der Waals surface area contributed by atoms with E-state index in [-0.39, 0.29) is 30.1 Å². The van der Waals surface area contributed by atoms with Gasteiger partial charge in [0.05, 0.1) is 16.0 Å². The number of hydrogen-bond acceptors (Lipinski definition) is 4. The number of sulfone groups is 1. The van der Waals surface area contributed by atoms with Crippen LogP contribution >= 0.6 is 31.9 Å². The van der Waals surface area contributed by atoms with Crippen LogP contribution in [0.1, 0.15) is 6.42 Å². The number of carbonyl (C=O) groups is 1. The molecule has 0 aromatic heterocycles. The van der Waals surface area contributed by atoms with E-state index in [1.54, 1.807) is 13.1 Å². The zero-order chi connectivity index (χ0) is 15.6. The summed E-state index contributed by atoms with van der Waals surface area (Å²) >= 11 is 6.69. The molecule has 8 heteroatoms. The summed E-state index contributed by atoms with van der Waals surface area (Å²) in [6.07, 6.45) is 0.493. The Hall–Kier alpha value is -0.600. The molecular weight excluding hydrogens is 426 g/mol. The minimum atomic E-state index is -3.00. The fraction of sp³-hybridized carbons (Fsp3) is 0.462. The van der Waals surface area contributed by atoms with E-state index in [2.05, 4.69) is 31.9 Å². The lowest BCUT2D eigenvalue weighted by Gasteiger charge is -2.23. The highest BCUT2D eigenvalue weighted by Crippen LogP contribution is 2.28. The van der Waals surface area contributed by atoms with Crippen molar-refractivity contribution < 1.29 is 17.9 Å². The lowest BCUT2D eigenvalue weighted by atomic mass is 10.2. The van der Waals surface area contributed by atoms with Gasteiger partial charge in [-0.05, 0) is 40.5 Å². The summed E-state index contributed by atoms with van der Waals surface area (Å²) in [5, 5.41) is 0. The van der Waals surface area contributed by atoms with Crippen LogP contribution in [0.4, 0.5) is 0 Å². The van der Waals surface area contributed by atoms with Crippen molar-refractivity contribution in [2.45, 2.75) is 12.5 Å². The largest absolute Gasteiger partial charge is 0.483 e. The summed E-state index contributed by atoms with van der Waals surface area (Å²) in [6, 6.07) is 5.14. The van der Waals surface area contributed by atoms with E-state index >= 15 is 0 Å². The van der Waals surface area contributed by atoms with Gasteiger partial charge in [-0.25, -0.2) is 8.42 Å². The highest BCUT2D eigenvalue weighted by Gasteiger charge is 2.32. The highest BCUT2D eigenvalue weighted by atomic mass is 79.9. The Bertz CT molecular complexity index is 648. The third-order valence-corrected chi connectivity index (χ3v) is 6.26. The standard InChI is InChI=1S/C13H15Br2NO4S/c1-16(10-4-5-21(18,19)8-10)13(17)7-20-12-3-2-9(14)6-11(12)15/h2-3,6,10H,4-5,7-8H2,1H3/t10-/m0/s1. The van der Waals surface area contributed by atoms with Gasteiger partial charge in [0.2, 0.25) is 0 Å². The average Bonchev–Trinajstić information content (AvgIpc) is 2.77. The fourth-order valence-corrected chi connectivity index (χ4v) is 5.05. The predicted molar refractivity (Wildman–Crippen MR) is 87.2 cm³/mol. The number of benzene rings is 1. The van der Waals surface area contributed by atoms with Crippen LogP contribution in [0.15, 0.2) is 27.1 Å². The van der Waals surface area contributed by atoms with Crippen molar-refractivity contribution in [3.05, 3.63) is 27.1 Å². The Morgan fingerprint density at radius 1 is 1.43 bits per heavy atom. The first-order chi connectivity index (χ1) is 9.78. The SMILES string of the molecule is CN(C(=O)COc1ccc(Br)cc1Br)[C@H]1CCS(=O)(=O)C1. The van der Waals surface area contributed by atoms with Gasteiger partial charge in [-0.2, -0.15) is 0 Å². The lowest BCUT2D eigenvalue weighted by Crippen LogP contribution is -2.40. The minimum Gasteiger partial charge on any atom is -0.483 e. The van der Waals surface area contributed by atoms with Crippen molar-refractivity contribution in [2.24, 2.45) is 0 Å². The van der Waals surface area contributed by atoms with Crippen LogP contribution in [0.3, 0.4) is 0 Å². The van der Waals surface area contributed by atoms with Crippen molar-refractivity contribution in [3.63, 3.8) is 0 Å². The molecule has 1 aromatic rings. The van der Waals surface area contributed by atoms with Crippen LogP contribution in [-0.2, 0) is 14.6 Å². The zero-order valence-electron chi connectivity index (χ0n) is 11.4. The number of hydrogen-bond donors (Lipinski definition) is 0. The van der Waals surface area contributed by atoms with Crippen LogP contribution in [0, 0.1) is 0 Å². The molecule has 1 amide bonds. The molecule has 0 aliphatic carbocycles. The molecule has 0 bridgehead atoms. The predicted octanol–water partition coefficient (Wildman–Crippen LogP) is 2.24. The molecule has 1 fully saturated rings. The summed E-state index contributed by atoms with van der Waals surface area (Å²) in [5.74, 6) is 0.525. The Morgan fingerprint density at radius 2 is 2.14 bits per heavy atom. The molecule has 116 valence electrons. The number of halogens is 2. The van der Waals surface area contributed by atoms with Gasteiger partial charge in [-0.1, -0.05) is 15.9 Å². The fourth-order valence-electron chi connectivity index (χ4n) is 2.12. The van der Waals surface area contributed by atoms with Crippen molar-refractivity contribution in [2.75, 3.05) is 25.2 Å². The van der Waals surface area contributed by atoms with E-state index in [4.69, 9.17) is 4.74 Å². The minimum absolute atomic E-state index is 0.0389. The summed E-state index contributed by atoms with van der Waals surface area (Å²) in [7, 11) is -1.38. The van der Waals surface area contributed by atoms with Crippen LogP contribution < -0.4 is 4.74 Å². The van der Waals surface area contributed by atoms with Crippen molar-refractivity contribution >= 4 is 47.6 Å². The normalized spacial score (nSPS) is 20.2. The van der Waals surface area contributed by atoms with E-state index in [1.165, 1.54) is 4.90 Å². The topological polar surface area (TPSA) is 63.7 Å². The molecule has 1 aromatic carbocycles. The average molecular weight is 441 g/mol. The lowest BCUT2D eigenvalue weighted by molar-refractivity contribution is -0.133. The van der Waals surface area contributed by atoms with Gasteiger partial charge in [0.25, 0.3) is 5.91 Å². The maximum absolute atomic E-state index is 12.1. The van der Waals surface area contributed by atoms with Gasteiger partial charge < -0.3 is 9.64 Å². The molecule has 1 saturated heterocycles. The second-order valence-corrected chi connectivity index (χ2v) is 8.92. The highest BCUT2D eigenvalue weighted by molar-refractivity contribution is 9.11. The molecule has 1 aliphatic heterocycles. The molecule has 0 unspecified atom stereocenters. The quantitative estimate of drug-likeness (QED) is 0.720. The van der Waals surface area contributed by atoms with Crippen molar-refractivity contribution in [3.8, 4) is 5.75 Å². The number of nitrogens with zero attached hydrogens (tertiary/aromatic N) is 1. The van der Waals surface area contributed by atoms with E-state index in [9.17, 15) is 13.2 Å². The zero-order valence-corrected chi connectivity index (χ0v) is 15.4. The number of carbonyl (C=O) groups excluding carboxylic acids is 1. The van der Waals surface area contributed by atoms with E-state index in [0.717, 1.165) is 8.95 Å². The summed E-state index contributed by atoms with van der Waals surface area (Å²) in [6.45, 7) is -0.118. The monoisotopic (exact) mass is 439 g/mol. The molecule has 2 rings (SSSR count). The maximum Gasteiger partial charge on any atom is 0.260 e. The van der Waals surface area contributed by atoms with E-state index in [0.29, 0.717) is 12.2 Å². The molecule has 5 nitrogen and oxygen atoms in total. The third-order valence-electron chi connectivity index (χ3n) is 3.39.